The van der Waals surface area contributed by atoms with Crippen molar-refractivity contribution < 1.29 is 9.32 Å². The van der Waals surface area contributed by atoms with Gasteiger partial charge in [-0.2, -0.15) is 0 Å². The van der Waals surface area contributed by atoms with Crippen LogP contribution >= 0.6 is 0 Å². The number of hydrogen-bond acceptors (Lipinski definition) is 4. The third kappa shape index (κ3) is 3.38. The van der Waals surface area contributed by atoms with Gasteiger partial charge < -0.3 is 15.2 Å². The highest BCUT2D eigenvalue weighted by Gasteiger charge is 2.09. The average Bonchev–Trinajstić information content (AvgIpc) is 2.77. The van der Waals surface area contributed by atoms with Gasteiger partial charge in [0.05, 0.1) is 6.54 Å². The molecule has 0 fully saturated rings. The molecule has 2 N–H and O–H groups in total. The molecule has 20 heavy (non-hydrogen) atoms. The molecule has 0 atom stereocenters. The minimum Gasteiger partial charge on any atom is -0.360 e. The van der Waals surface area contributed by atoms with Crippen molar-refractivity contribution in [2.75, 3.05) is 17.2 Å². The Morgan fingerprint density at radius 2 is 1.80 bits per heavy atom. The number of benzene rings is 1. The van der Waals surface area contributed by atoms with E-state index in [2.05, 4.69) is 27.9 Å². The Kier molecular flexibility index (Phi) is 4.08. The molecule has 1 amide bonds. The maximum absolute atomic E-state index is 11.9. The van der Waals surface area contributed by atoms with Gasteiger partial charge in [-0.3, -0.25) is 4.79 Å². The molecular weight excluding hydrogens is 254 g/mol. The molecule has 106 valence electrons. The summed E-state index contributed by atoms with van der Waals surface area (Å²) in [6.07, 6.45) is 0. The largest absolute Gasteiger partial charge is 0.360 e. The van der Waals surface area contributed by atoms with Crippen molar-refractivity contribution in [3.05, 3.63) is 40.6 Å². The summed E-state index contributed by atoms with van der Waals surface area (Å²) in [4.78, 5) is 11.9. The van der Waals surface area contributed by atoms with Crippen LogP contribution in [0.3, 0.4) is 0 Å². The molecule has 0 bridgehead atoms. The van der Waals surface area contributed by atoms with Crippen LogP contribution in [0, 0.1) is 27.7 Å². The van der Waals surface area contributed by atoms with Crippen molar-refractivity contribution in [3.63, 3.8) is 0 Å². The molecule has 2 rings (SSSR count). The molecule has 1 heterocycles. The summed E-state index contributed by atoms with van der Waals surface area (Å²) in [6.45, 7) is 7.98. The van der Waals surface area contributed by atoms with E-state index in [9.17, 15) is 4.79 Å². The van der Waals surface area contributed by atoms with Gasteiger partial charge in [-0.05, 0) is 38.8 Å². The fraction of sp³-hybridized carbons (Fsp3) is 0.333. The molecule has 5 heteroatoms. The first-order chi connectivity index (χ1) is 9.45. The highest BCUT2D eigenvalue weighted by Crippen LogP contribution is 2.21. The zero-order valence-corrected chi connectivity index (χ0v) is 12.2. The smallest absolute Gasteiger partial charge is 0.243 e. The first-order valence-electron chi connectivity index (χ1n) is 6.50. The van der Waals surface area contributed by atoms with Gasteiger partial charge in [0, 0.05) is 11.8 Å². The Morgan fingerprint density at radius 3 is 2.35 bits per heavy atom. The van der Waals surface area contributed by atoms with Crippen molar-refractivity contribution in [2.24, 2.45) is 0 Å². The van der Waals surface area contributed by atoms with Gasteiger partial charge in [0.15, 0.2) is 5.82 Å². The van der Waals surface area contributed by atoms with Crippen molar-refractivity contribution in [1.82, 2.24) is 5.16 Å². The van der Waals surface area contributed by atoms with Crippen LogP contribution < -0.4 is 10.6 Å². The van der Waals surface area contributed by atoms with Crippen LogP contribution in [0.5, 0.6) is 0 Å². The molecular formula is C15H19N3O2. The summed E-state index contributed by atoms with van der Waals surface area (Å²) in [5.41, 5.74) is 4.19. The normalized spacial score (nSPS) is 10.4. The van der Waals surface area contributed by atoms with E-state index < -0.39 is 0 Å². The quantitative estimate of drug-likeness (QED) is 0.898. The van der Waals surface area contributed by atoms with Gasteiger partial charge in [-0.15, -0.1) is 0 Å². The third-order valence-corrected chi connectivity index (χ3v) is 3.00. The molecule has 0 radical (unpaired) electrons. The number of carbonyl (C=O) groups excluding carboxylic acids is 1. The number of nitrogens with one attached hydrogen (secondary N) is 2. The van der Waals surface area contributed by atoms with Gasteiger partial charge in [0.1, 0.15) is 5.76 Å². The molecule has 0 saturated carbocycles. The molecule has 5 nitrogen and oxygen atoms in total. The summed E-state index contributed by atoms with van der Waals surface area (Å²) in [5.74, 6) is 1.16. The molecule has 0 aliphatic rings. The van der Waals surface area contributed by atoms with Crippen LogP contribution in [0.25, 0.3) is 0 Å². The lowest BCUT2D eigenvalue weighted by Gasteiger charge is -2.13. The Bertz CT molecular complexity index is 609. The summed E-state index contributed by atoms with van der Waals surface area (Å²) in [6, 6.07) is 5.85. The fourth-order valence-electron chi connectivity index (χ4n) is 2.18. The summed E-state index contributed by atoms with van der Waals surface area (Å²) in [7, 11) is 0. The van der Waals surface area contributed by atoms with Crippen molar-refractivity contribution >= 4 is 17.4 Å². The Morgan fingerprint density at radius 1 is 1.15 bits per heavy atom. The van der Waals surface area contributed by atoms with Gasteiger partial charge in [0.25, 0.3) is 0 Å². The maximum atomic E-state index is 11.9. The fourth-order valence-corrected chi connectivity index (χ4v) is 2.18. The maximum Gasteiger partial charge on any atom is 0.243 e. The van der Waals surface area contributed by atoms with Gasteiger partial charge in [-0.25, -0.2) is 0 Å². The second-order valence-electron chi connectivity index (χ2n) is 5.00. The van der Waals surface area contributed by atoms with Gasteiger partial charge in [0.2, 0.25) is 5.91 Å². The topological polar surface area (TPSA) is 67.2 Å². The van der Waals surface area contributed by atoms with E-state index >= 15 is 0 Å². The zero-order chi connectivity index (χ0) is 14.7. The predicted molar refractivity (Wildman–Crippen MR) is 79.0 cm³/mol. The van der Waals surface area contributed by atoms with E-state index in [1.165, 1.54) is 5.56 Å². The molecule has 0 spiro atoms. The van der Waals surface area contributed by atoms with E-state index in [0.29, 0.717) is 11.6 Å². The SMILES string of the molecule is Cc1cc(C)c(NC(=O)CNc2cc(C)on2)c(C)c1. The minimum atomic E-state index is -0.110. The van der Waals surface area contributed by atoms with Crippen LogP contribution in [-0.4, -0.2) is 17.6 Å². The number of rotatable bonds is 4. The van der Waals surface area contributed by atoms with Crippen molar-refractivity contribution in [3.8, 4) is 0 Å². The van der Waals surface area contributed by atoms with Crippen molar-refractivity contribution in [1.29, 1.82) is 0 Å². The first kappa shape index (κ1) is 14.1. The van der Waals surface area contributed by atoms with Crippen LogP contribution in [0.2, 0.25) is 0 Å². The van der Waals surface area contributed by atoms with Gasteiger partial charge in [-0.1, -0.05) is 22.9 Å². The van der Waals surface area contributed by atoms with E-state index in [1.54, 1.807) is 13.0 Å². The number of amides is 1. The number of carbonyl (C=O) groups is 1. The van der Waals surface area contributed by atoms with Gasteiger partial charge >= 0.3 is 0 Å². The lowest BCUT2D eigenvalue weighted by Crippen LogP contribution is -2.22. The highest BCUT2D eigenvalue weighted by molar-refractivity contribution is 5.95. The standard InChI is InChI=1S/C15H19N3O2/c1-9-5-10(2)15(11(3)6-9)17-14(19)8-16-13-7-12(4)20-18-13/h5-7H,8H2,1-4H3,(H,16,18)(H,17,19). The molecule has 2 aromatic rings. The average molecular weight is 273 g/mol. The zero-order valence-electron chi connectivity index (χ0n) is 12.2. The number of hydrogen-bond donors (Lipinski definition) is 2. The first-order valence-corrected chi connectivity index (χ1v) is 6.50. The van der Waals surface area contributed by atoms with E-state index in [1.807, 2.05) is 20.8 Å². The Hall–Kier alpha value is -2.30. The predicted octanol–water partition coefficient (Wildman–Crippen LogP) is 2.96. The molecule has 0 aliphatic carbocycles. The van der Waals surface area contributed by atoms with Crippen LogP contribution in [0.15, 0.2) is 22.7 Å². The Labute approximate surface area is 118 Å². The summed E-state index contributed by atoms with van der Waals surface area (Å²) in [5, 5.41) is 9.62. The number of nitrogens with zero attached hydrogens (tertiary/aromatic N) is 1. The van der Waals surface area contributed by atoms with Crippen molar-refractivity contribution in [2.45, 2.75) is 27.7 Å². The molecule has 0 saturated heterocycles. The minimum absolute atomic E-state index is 0.110. The molecule has 1 aromatic carbocycles. The van der Waals surface area contributed by atoms with Crippen LogP contribution in [0.4, 0.5) is 11.5 Å². The van der Waals surface area contributed by atoms with Crippen LogP contribution in [0.1, 0.15) is 22.5 Å². The highest BCUT2D eigenvalue weighted by atomic mass is 16.5. The monoisotopic (exact) mass is 273 g/mol. The molecule has 0 aliphatic heterocycles. The summed E-state index contributed by atoms with van der Waals surface area (Å²) >= 11 is 0. The number of aryl methyl sites for hydroxylation is 4. The van der Waals surface area contributed by atoms with E-state index in [-0.39, 0.29) is 12.5 Å². The second kappa shape index (κ2) is 5.77. The lowest BCUT2D eigenvalue weighted by molar-refractivity contribution is -0.114. The lowest BCUT2D eigenvalue weighted by atomic mass is 10.1. The molecule has 1 aromatic heterocycles. The second-order valence-corrected chi connectivity index (χ2v) is 5.00. The summed E-state index contributed by atoms with van der Waals surface area (Å²) < 4.78 is 4.92. The Balaban J connectivity index is 1.98. The van der Waals surface area contributed by atoms with E-state index in [4.69, 9.17) is 4.52 Å². The number of aromatic nitrogens is 1. The van der Waals surface area contributed by atoms with Crippen LogP contribution in [-0.2, 0) is 4.79 Å². The third-order valence-electron chi connectivity index (χ3n) is 3.00. The van der Waals surface area contributed by atoms with E-state index in [0.717, 1.165) is 16.8 Å². The number of anilines is 2. The molecule has 0 unspecified atom stereocenters.